The maximum absolute atomic E-state index is 13.4. The Kier molecular flexibility index (Phi) is 3.06. The molecule has 2 rings (SSSR count). The zero-order chi connectivity index (χ0) is 13.3. The first-order valence-corrected chi connectivity index (χ1v) is 5.04. The number of anilines is 1. The summed E-state index contributed by atoms with van der Waals surface area (Å²) < 4.78 is 39.2. The Balaban J connectivity index is 2.51. The van der Waals surface area contributed by atoms with E-state index in [2.05, 4.69) is 0 Å². The topological polar surface area (TPSA) is 43.1 Å². The molecule has 2 N–H and O–H groups in total. The van der Waals surface area contributed by atoms with Crippen molar-refractivity contribution in [1.82, 2.24) is 0 Å². The number of halogens is 3. The molecule has 0 aromatic heterocycles. The molecular weight excluding hydrogens is 243 g/mol. The highest BCUT2D eigenvalue weighted by molar-refractivity contribution is 6.12. The van der Waals surface area contributed by atoms with Gasteiger partial charge in [0.15, 0.2) is 5.78 Å². The Morgan fingerprint density at radius 1 is 0.889 bits per heavy atom. The van der Waals surface area contributed by atoms with E-state index in [9.17, 15) is 18.0 Å². The summed E-state index contributed by atoms with van der Waals surface area (Å²) in [5.41, 5.74) is 4.84. The van der Waals surface area contributed by atoms with E-state index in [1.165, 1.54) is 0 Å². The van der Waals surface area contributed by atoms with E-state index in [0.29, 0.717) is 0 Å². The van der Waals surface area contributed by atoms with Crippen molar-refractivity contribution in [2.24, 2.45) is 0 Å². The van der Waals surface area contributed by atoms with Crippen LogP contribution in [0.15, 0.2) is 36.4 Å². The van der Waals surface area contributed by atoms with Gasteiger partial charge in [0.05, 0.1) is 5.56 Å². The second kappa shape index (κ2) is 4.52. The lowest BCUT2D eigenvalue weighted by atomic mass is 10.0. The zero-order valence-electron chi connectivity index (χ0n) is 9.08. The molecule has 0 aliphatic carbocycles. The lowest BCUT2D eigenvalue weighted by Gasteiger charge is -2.06. The molecule has 0 amide bonds. The molecule has 0 radical (unpaired) electrons. The smallest absolute Gasteiger partial charge is 0.198 e. The summed E-state index contributed by atoms with van der Waals surface area (Å²) in [5, 5.41) is 0. The molecule has 2 aromatic rings. The predicted molar refractivity (Wildman–Crippen MR) is 60.6 cm³/mol. The Bertz CT molecular complexity index is 626. The summed E-state index contributed by atoms with van der Waals surface area (Å²) in [5.74, 6) is -2.99. The number of benzene rings is 2. The molecule has 0 atom stereocenters. The van der Waals surface area contributed by atoms with Crippen LogP contribution in [0.2, 0.25) is 0 Å². The first kappa shape index (κ1) is 12.2. The molecule has 0 saturated carbocycles. The van der Waals surface area contributed by atoms with Crippen molar-refractivity contribution in [3.63, 3.8) is 0 Å². The average Bonchev–Trinajstić information content (AvgIpc) is 2.31. The van der Waals surface area contributed by atoms with Crippen molar-refractivity contribution in [3.05, 3.63) is 65.0 Å². The van der Waals surface area contributed by atoms with Gasteiger partial charge in [-0.1, -0.05) is 0 Å². The van der Waals surface area contributed by atoms with E-state index in [-0.39, 0.29) is 11.3 Å². The van der Waals surface area contributed by atoms with Gasteiger partial charge in [0, 0.05) is 11.3 Å². The van der Waals surface area contributed by atoms with Crippen LogP contribution < -0.4 is 5.73 Å². The molecule has 0 fully saturated rings. The number of nitrogen functional groups attached to an aromatic ring is 1. The van der Waals surface area contributed by atoms with Crippen LogP contribution >= 0.6 is 0 Å². The van der Waals surface area contributed by atoms with E-state index in [1.807, 2.05) is 0 Å². The van der Waals surface area contributed by atoms with E-state index >= 15 is 0 Å². The molecule has 18 heavy (non-hydrogen) atoms. The molecule has 92 valence electrons. The molecule has 0 aliphatic rings. The number of carbonyl (C=O) groups is 1. The largest absolute Gasteiger partial charge is 0.398 e. The van der Waals surface area contributed by atoms with Crippen LogP contribution in [0.5, 0.6) is 0 Å². The minimum Gasteiger partial charge on any atom is -0.398 e. The van der Waals surface area contributed by atoms with E-state index in [0.717, 1.165) is 36.4 Å². The van der Waals surface area contributed by atoms with Crippen molar-refractivity contribution in [3.8, 4) is 0 Å². The molecule has 0 bridgehead atoms. The van der Waals surface area contributed by atoms with Crippen LogP contribution in [0.25, 0.3) is 0 Å². The molecule has 0 heterocycles. The van der Waals surface area contributed by atoms with Crippen LogP contribution in [0.4, 0.5) is 18.9 Å². The van der Waals surface area contributed by atoms with Gasteiger partial charge in [-0.15, -0.1) is 0 Å². The number of hydrogen-bond acceptors (Lipinski definition) is 2. The minimum absolute atomic E-state index is 0.0686. The van der Waals surface area contributed by atoms with Gasteiger partial charge in [-0.25, -0.2) is 13.2 Å². The third-order valence-corrected chi connectivity index (χ3v) is 2.43. The fraction of sp³-hybridized carbons (Fsp3) is 0. The van der Waals surface area contributed by atoms with Crippen molar-refractivity contribution < 1.29 is 18.0 Å². The van der Waals surface area contributed by atoms with Gasteiger partial charge in [0.1, 0.15) is 17.5 Å². The van der Waals surface area contributed by atoms with Gasteiger partial charge < -0.3 is 5.73 Å². The molecule has 0 aliphatic heterocycles. The molecule has 0 saturated heterocycles. The Morgan fingerprint density at radius 2 is 1.50 bits per heavy atom. The lowest BCUT2D eigenvalue weighted by molar-refractivity contribution is 0.103. The van der Waals surface area contributed by atoms with Crippen molar-refractivity contribution in [2.45, 2.75) is 0 Å². The van der Waals surface area contributed by atoms with Crippen LogP contribution in [0.1, 0.15) is 15.9 Å². The second-order valence-electron chi connectivity index (χ2n) is 3.68. The van der Waals surface area contributed by atoms with Gasteiger partial charge in [0.2, 0.25) is 0 Å². The maximum atomic E-state index is 13.4. The first-order chi connectivity index (χ1) is 8.49. The monoisotopic (exact) mass is 251 g/mol. The van der Waals surface area contributed by atoms with Gasteiger partial charge >= 0.3 is 0 Å². The lowest BCUT2D eigenvalue weighted by Crippen LogP contribution is -2.08. The molecular formula is C13H8F3NO. The molecule has 0 unspecified atom stereocenters. The molecule has 5 heteroatoms. The number of rotatable bonds is 2. The van der Waals surface area contributed by atoms with E-state index in [4.69, 9.17) is 5.73 Å². The predicted octanol–water partition coefficient (Wildman–Crippen LogP) is 2.92. The Morgan fingerprint density at radius 3 is 2.17 bits per heavy atom. The van der Waals surface area contributed by atoms with Crippen molar-refractivity contribution in [2.75, 3.05) is 5.73 Å². The SMILES string of the molecule is Nc1cc(F)ccc1C(=O)c1cc(F)ccc1F. The molecule has 2 nitrogen and oxygen atoms in total. The number of ketones is 1. The van der Waals surface area contributed by atoms with Gasteiger partial charge in [-0.05, 0) is 36.4 Å². The summed E-state index contributed by atoms with van der Waals surface area (Å²) in [6.07, 6.45) is 0. The molecule has 0 spiro atoms. The summed E-state index contributed by atoms with van der Waals surface area (Å²) in [4.78, 5) is 11.9. The minimum atomic E-state index is -0.856. The van der Waals surface area contributed by atoms with Crippen LogP contribution in [0, 0.1) is 17.5 Å². The van der Waals surface area contributed by atoms with Crippen LogP contribution in [0.3, 0.4) is 0 Å². The van der Waals surface area contributed by atoms with E-state index in [1.54, 1.807) is 0 Å². The maximum Gasteiger partial charge on any atom is 0.198 e. The highest BCUT2D eigenvalue weighted by Gasteiger charge is 2.17. The Hall–Kier alpha value is -2.30. The summed E-state index contributed by atoms with van der Waals surface area (Å²) in [7, 11) is 0. The second-order valence-corrected chi connectivity index (χ2v) is 3.68. The fourth-order valence-electron chi connectivity index (χ4n) is 1.56. The van der Waals surface area contributed by atoms with Gasteiger partial charge in [-0.3, -0.25) is 4.79 Å². The van der Waals surface area contributed by atoms with Crippen molar-refractivity contribution in [1.29, 1.82) is 0 Å². The highest BCUT2D eigenvalue weighted by atomic mass is 19.1. The Labute approximate surface area is 101 Å². The van der Waals surface area contributed by atoms with Gasteiger partial charge in [0.25, 0.3) is 0 Å². The standard InChI is InChI=1S/C13H8F3NO/c14-7-2-4-11(16)10(5-7)13(18)9-3-1-8(15)6-12(9)17/h1-6H,17H2. The number of nitrogens with two attached hydrogens (primary N) is 1. The van der Waals surface area contributed by atoms with Crippen LogP contribution in [-0.2, 0) is 0 Å². The number of hydrogen-bond donors (Lipinski definition) is 1. The summed E-state index contributed by atoms with van der Waals surface area (Å²) >= 11 is 0. The van der Waals surface area contributed by atoms with E-state index < -0.39 is 28.8 Å². The number of carbonyl (C=O) groups excluding carboxylic acids is 1. The molecule has 2 aromatic carbocycles. The van der Waals surface area contributed by atoms with Crippen LogP contribution in [-0.4, -0.2) is 5.78 Å². The zero-order valence-corrected chi connectivity index (χ0v) is 9.08. The van der Waals surface area contributed by atoms with Crippen molar-refractivity contribution >= 4 is 11.5 Å². The average molecular weight is 251 g/mol. The van der Waals surface area contributed by atoms with Gasteiger partial charge in [-0.2, -0.15) is 0 Å². The third kappa shape index (κ3) is 2.20. The third-order valence-electron chi connectivity index (χ3n) is 2.43. The quantitative estimate of drug-likeness (QED) is 0.658. The summed E-state index contributed by atoms with van der Waals surface area (Å²) in [6.45, 7) is 0. The normalized spacial score (nSPS) is 10.4. The fourth-order valence-corrected chi connectivity index (χ4v) is 1.56. The highest BCUT2D eigenvalue weighted by Crippen LogP contribution is 2.20. The summed E-state index contributed by atoms with van der Waals surface area (Å²) in [6, 6.07) is 5.64. The first-order valence-electron chi connectivity index (χ1n) is 5.04.